The van der Waals surface area contributed by atoms with Gasteiger partial charge >= 0.3 is 7.67 Å². The van der Waals surface area contributed by atoms with Crippen LogP contribution in [0.4, 0.5) is 5.69 Å². The minimum atomic E-state index is -3.99. The molecular weight excluding hydrogens is 371 g/mol. The first-order valence-electron chi connectivity index (χ1n) is 8.68. The molecule has 1 fully saturated rings. The monoisotopic (exact) mass is 394 g/mol. The molecule has 1 unspecified atom stereocenters. The van der Waals surface area contributed by atoms with Crippen molar-refractivity contribution >= 4 is 23.4 Å². The van der Waals surface area contributed by atoms with Crippen LogP contribution in [-0.4, -0.2) is 14.5 Å². The zero-order valence-corrected chi connectivity index (χ0v) is 16.1. The van der Waals surface area contributed by atoms with E-state index in [1.807, 2.05) is 6.07 Å². The molecule has 0 heterocycles. The van der Waals surface area contributed by atoms with Crippen LogP contribution in [0.25, 0.3) is 0 Å². The number of hydrogen-bond acceptors (Lipinski definition) is 4. The maximum Gasteiger partial charge on any atom is 0.379 e. The third kappa shape index (κ3) is 5.17. The molecule has 8 heteroatoms. The molecule has 1 aliphatic carbocycles. The van der Waals surface area contributed by atoms with E-state index in [0.717, 1.165) is 32.1 Å². The van der Waals surface area contributed by atoms with E-state index >= 15 is 0 Å². The van der Waals surface area contributed by atoms with E-state index in [1.165, 1.54) is 12.1 Å². The average molecular weight is 394 g/mol. The van der Waals surface area contributed by atoms with E-state index in [2.05, 4.69) is 9.58 Å². The molecule has 6 nitrogen and oxygen atoms in total. The van der Waals surface area contributed by atoms with Gasteiger partial charge in [0.1, 0.15) is 0 Å². The number of para-hydroxylation sites is 1. The summed E-state index contributed by atoms with van der Waals surface area (Å²) in [5.41, 5.74) is 0.530. The normalized spacial score (nSPS) is 18.2. The summed E-state index contributed by atoms with van der Waals surface area (Å²) >= 11 is 0. The average Bonchev–Trinajstić information content (AvgIpc) is 2.63. The lowest BCUT2D eigenvalue weighted by molar-refractivity contribution is 0.158. The first kappa shape index (κ1) is 19.1. The number of hydrogen-bond donors (Lipinski definition) is 2. The van der Waals surface area contributed by atoms with Crippen LogP contribution in [0.5, 0.6) is 0 Å². The molecule has 1 saturated carbocycles. The summed E-state index contributed by atoms with van der Waals surface area (Å²) in [4.78, 5) is 0.0438. The van der Waals surface area contributed by atoms with Gasteiger partial charge < -0.3 is 5.09 Å². The second-order valence-electron chi connectivity index (χ2n) is 6.30. The van der Waals surface area contributed by atoms with Crippen molar-refractivity contribution in [3.63, 3.8) is 0 Å². The van der Waals surface area contributed by atoms with E-state index in [0.29, 0.717) is 5.69 Å². The largest absolute Gasteiger partial charge is 0.379 e. The fourth-order valence-corrected chi connectivity index (χ4v) is 6.67. The molecule has 0 aromatic heterocycles. The Morgan fingerprint density at radius 2 is 1.46 bits per heavy atom. The fraction of sp³-hybridized carbons (Fsp3) is 0.333. The summed E-state index contributed by atoms with van der Waals surface area (Å²) < 4.78 is 46.8. The molecular formula is C18H23N2O4PS. The summed E-state index contributed by atoms with van der Waals surface area (Å²) in [6.45, 7) is 0. The van der Waals surface area contributed by atoms with Gasteiger partial charge in [-0.05, 0) is 37.1 Å². The zero-order chi connectivity index (χ0) is 18.5. The maximum atomic E-state index is 13.4. The van der Waals surface area contributed by atoms with Gasteiger partial charge in [0.25, 0.3) is 0 Å². The first-order valence-corrected chi connectivity index (χ1v) is 11.8. The van der Waals surface area contributed by atoms with Crippen molar-refractivity contribution < 1.29 is 17.5 Å². The van der Waals surface area contributed by atoms with Crippen molar-refractivity contribution in [2.75, 3.05) is 5.09 Å². The lowest BCUT2D eigenvalue weighted by Crippen LogP contribution is -2.29. The highest BCUT2D eigenvalue weighted by Gasteiger charge is 2.34. The van der Waals surface area contributed by atoms with Gasteiger partial charge in [0.2, 0.25) is 10.0 Å². The summed E-state index contributed by atoms with van der Waals surface area (Å²) in [7, 11) is -7.87. The minimum Gasteiger partial charge on any atom is -0.302 e. The summed E-state index contributed by atoms with van der Waals surface area (Å²) in [5, 5.41) is 2.77. The zero-order valence-electron chi connectivity index (χ0n) is 14.4. The second kappa shape index (κ2) is 8.35. The van der Waals surface area contributed by atoms with Crippen LogP contribution in [0, 0.1) is 0 Å². The van der Waals surface area contributed by atoms with Gasteiger partial charge in [0.15, 0.2) is 0 Å². The van der Waals surface area contributed by atoms with Crippen molar-refractivity contribution in [1.82, 2.24) is 4.49 Å². The van der Waals surface area contributed by atoms with Crippen LogP contribution in [0.3, 0.4) is 0 Å². The predicted octanol–water partition coefficient (Wildman–Crippen LogP) is 4.53. The molecule has 1 aliphatic rings. The third-order valence-corrected chi connectivity index (χ3v) is 8.16. The van der Waals surface area contributed by atoms with E-state index in [9.17, 15) is 13.0 Å². The molecule has 0 saturated heterocycles. The third-order valence-electron chi connectivity index (χ3n) is 4.19. The molecule has 3 rings (SSSR count). The number of nitrogens with one attached hydrogen (secondary N) is 2. The van der Waals surface area contributed by atoms with E-state index in [4.69, 9.17) is 4.52 Å². The number of anilines is 1. The van der Waals surface area contributed by atoms with E-state index in [1.54, 1.807) is 42.5 Å². The fourth-order valence-electron chi connectivity index (χ4n) is 2.94. The second-order valence-corrected chi connectivity index (χ2v) is 10.0. The summed E-state index contributed by atoms with van der Waals surface area (Å²) in [5.74, 6) is 0. The van der Waals surface area contributed by atoms with E-state index in [-0.39, 0.29) is 11.0 Å². The Balaban J connectivity index is 1.85. The summed E-state index contributed by atoms with van der Waals surface area (Å²) in [6, 6.07) is 16.7. The predicted molar refractivity (Wildman–Crippen MR) is 102 cm³/mol. The van der Waals surface area contributed by atoms with Crippen molar-refractivity contribution in [1.29, 1.82) is 0 Å². The Morgan fingerprint density at radius 3 is 2.08 bits per heavy atom. The van der Waals surface area contributed by atoms with Crippen LogP contribution in [0.2, 0.25) is 0 Å². The molecule has 2 aromatic carbocycles. The highest BCUT2D eigenvalue weighted by molar-refractivity contribution is 7.95. The van der Waals surface area contributed by atoms with Crippen molar-refractivity contribution in [2.45, 2.75) is 43.1 Å². The van der Waals surface area contributed by atoms with Crippen LogP contribution < -0.4 is 9.58 Å². The first-order chi connectivity index (χ1) is 12.5. The molecule has 0 amide bonds. The highest BCUT2D eigenvalue weighted by atomic mass is 32.2. The Bertz CT molecular complexity index is 853. The molecule has 0 spiro atoms. The molecule has 2 aromatic rings. The summed E-state index contributed by atoms with van der Waals surface area (Å²) in [6.07, 6.45) is 4.40. The Labute approximate surface area is 154 Å². The van der Waals surface area contributed by atoms with Crippen molar-refractivity contribution in [2.24, 2.45) is 0 Å². The number of rotatable bonds is 7. The molecule has 140 valence electrons. The number of benzene rings is 2. The van der Waals surface area contributed by atoms with Gasteiger partial charge in [-0.2, -0.15) is 0 Å². The van der Waals surface area contributed by atoms with Gasteiger partial charge in [-0.25, -0.2) is 13.0 Å². The minimum absolute atomic E-state index is 0.0438. The molecule has 1 atom stereocenters. The highest BCUT2D eigenvalue weighted by Crippen LogP contribution is 2.47. The number of sulfonamides is 1. The van der Waals surface area contributed by atoms with Crippen molar-refractivity contribution in [3.8, 4) is 0 Å². The topological polar surface area (TPSA) is 84.5 Å². The van der Waals surface area contributed by atoms with Gasteiger partial charge in [-0.15, -0.1) is 4.49 Å². The van der Waals surface area contributed by atoms with Gasteiger partial charge in [-0.3, -0.25) is 4.52 Å². The Morgan fingerprint density at radius 1 is 0.885 bits per heavy atom. The Kier molecular flexibility index (Phi) is 6.14. The van der Waals surface area contributed by atoms with Crippen molar-refractivity contribution in [3.05, 3.63) is 60.7 Å². The van der Waals surface area contributed by atoms with E-state index < -0.39 is 17.7 Å². The molecule has 2 N–H and O–H groups in total. The molecule has 0 bridgehead atoms. The standard InChI is InChI=1S/C18H23N2O4PS/c21-25(19-16-10-4-1-5-11-16,24-17-12-6-2-7-13-17)20-26(22,23)18-14-8-3-9-15-18/h1,3-5,8-11,14-15,17H,2,6-7,12-13H2,(H2,19,20,21). The SMILES string of the molecule is O=P(Nc1ccccc1)(NS(=O)(=O)c1ccccc1)OC1CCCCC1. The quantitative estimate of drug-likeness (QED) is 0.674. The lowest BCUT2D eigenvalue weighted by atomic mass is 9.98. The lowest BCUT2D eigenvalue weighted by Gasteiger charge is -2.28. The Hall–Kier alpha value is -1.66. The van der Waals surface area contributed by atoms with Crippen LogP contribution in [0.15, 0.2) is 65.6 Å². The molecule has 0 aliphatic heterocycles. The smallest absolute Gasteiger partial charge is 0.302 e. The van der Waals surface area contributed by atoms with Crippen LogP contribution in [-0.2, 0) is 19.1 Å². The molecule has 0 radical (unpaired) electrons. The van der Waals surface area contributed by atoms with Crippen LogP contribution >= 0.6 is 7.67 Å². The van der Waals surface area contributed by atoms with Gasteiger partial charge in [0.05, 0.1) is 11.0 Å². The molecule has 26 heavy (non-hydrogen) atoms. The van der Waals surface area contributed by atoms with Crippen LogP contribution in [0.1, 0.15) is 32.1 Å². The van der Waals surface area contributed by atoms with Gasteiger partial charge in [0, 0.05) is 5.69 Å². The van der Waals surface area contributed by atoms with Gasteiger partial charge in [-0.1, -0.05) is 55.7 Å². The maximum absolute atomic E-state index is 13.4.